The van der Waals surface area contributed by atoms with Gasteiger partial charge in [-0.1, -0.05) is 12.1 Å². The summed E-state index contributed by atoms with van der Waals surface area (Å²) in [7, 11) is 0. The van der Waals surface area contributed by atoms with Gasteiger partial charge in [-0.15, -0.1) is 0 Å². The van der Waals surface area contributed by atoms with Gasteiger partial charge in [0.15, 0.2) is 0 Å². The molecule has 0 heterocycles. The minimum atomic E-state index is -4.04. The molecule has 1 aromatic rings. The third-order valence-electron chi connectivity index (χ3n) is 3.09. The molecule has 0 saturated heterocycles. The summed E-state index contributed by atoms with van der Waals surface area (Å²) in [5.74, 6) is 0.825. The zero-order valence-electron chi connectivity index (χ0n) is 12.8. The highest BCUT2D eigenvalue weighted by Crippen LogP contribution is 2.22. The second kappa shape index (κ2) is 8.27. The highest BCUT2D eigenvalue weighted by molar-refractivity contribution is 5.29. The Morgan fingerprint density at radius 1 is 1.05 bits per heavy atom. The maximum Gasteiger partial charge on any atom is 0.389 e. The quantitative estimate of drug-likeness (QED) is 0.693. The van der Waals surface area contributed by atoms with Crippen LogP contribution in [0.25, 0.3) is 0 Å². The van der Waals surface area contributed by atoms with Crippen molar-refractivity contribution >= 4 is 0 Å². The van der Waals surface area contributed by atoms with E-state index in [1.807, 2.05) is 45.0 Å². The first kappa shape index (κ1) is 17.8. The third kappa shape index (κ3) is 7.95. The van der Waals surface area contributed by atoms with Crippen LogP contribution in [-0.2, 0) is 0 Å². The highest BCUT2D eigenvalue weighted by Gasteiger charge is 2.25. The van der Waals surface area contributed by atoms with Gasteiger partial charge in [0.05, 0.1) is 6.10 Å². The molecule has 5 heteroatoms. The van der Waals surface area contributed by atoms with Crippen LogP contribution in [0, 0.1) is 0 Å². The van der Waals surface area contributed by atoms with Crippen LogP contribution in [0.1, 0.15) is 51.6 Å². The number of hydrogen-bond acceptors (Lipinski definition) is 2. The Kier molecular flexibility index (Phi) is 7.02. The van der Waals surface area contributed by atoms with Crippen LogP contribution in [0.3, 0.4) is 0 Å². The van der Waals surface area contributed by atoms with Crippen molar-refractivity contribution in [2.24, 2.45) is 0 Å². The molecule has 120 valence electrons. The molecule has 0 saturated carbocycles. The van der Waals surface area contributed by atoms with E-state index in [1.165, 1.54) is 0 Å². The maximum atomic E-state index is 12.0. The molecule has 0 aliphatic heterocycles. The Balaban J connectivity index is 2.30. The average molecular weight is 303 g/mol. The second-order valence-corrected chi connectivity index (χ2v) is 5.48. The average Bonchev–Trinajstić information content (AvgIpc) is 2.37. The second-order valence-electron chi connectivity index (χ2n) is 5.48. The number of halogens is 3. The molecular weight excluding hydrogens is 279 g/mol. The molecule has 0 aliphatic carbocycles. The lowest BCUT2D eigenvalue weighted by Gasteiger charge is -2.16. The number of benzene rings is 1. The van der Waals surface area contributed by atoms with Crippen LogP contribution in [0.15, 0.2) is 24.3 Å². The van der Waals surface area contributed by atoms with E-state index >= 15 is 0 Å². The third-order valence-corrected chi connectivity index (χ3v) is 3.09. The highest BCUT2D eigenvalue weighted by atomic mass is 19.4. The Hall–Kier alpha value is -1.23. The van der Waals surface area contributed by atoms with Gasteiger partial charge < -0.3 is 10.1 Å². The first-order valence-electron chi connectivity index (χ1n) is 7.34. The van der Waals surface area contributed by atoms with Crippen molar-refractivity contribution in [3.05, 3.63) is 29.8 Å². The van der Waals surface area contributed by atoms with Crippen LogP contribution in [0.4, 0.5) is 13.2 Å². The van der Waals surface area contributed by atoms with Crippen molar-refractivity contribution in [1.82, 2.24) is 5.32 Å². The molecular formula is C16H24F3NO. The lowest BCUT2D eigenvalue weighted by molar-refractivity contribution is -0.135. The summed E-state index contributed by atoms with van der Waals surface area (Å²) < 4.78 is 41.6. The van der Waals surface area contributed by atoms with Gasteiger partial charge in [-0.05, 0) is 57.9 Å². The van der Waals surface area contributed by atoms with E-state index in [2.05, 4.69) is 5.32 Å². The molecule has 21 heavy (non-hydrogen) atoms. The number of alkyl halides is 3. The summed E-state index contributed by atoms with van der Waals surface area (Å²) in [6.07, 6.45) is -3.91. The lowest BCUT2D eigenvalue weighted by atomic mass is 10.1. The van der Waals surface area contributed by atoms with Crippen molar-refractivity contribution in [3.8, 4) is 5.75 Å². The van der Waals surface area contributed by atoms with Crippen molar-refractivity contribution in [1.29, 1.82) is 0 Å². The fraction of sp³-hybridized carbons (Fsp3) is 0.625. The van der Waals surface area contributed by atoms with Crippen LogP contribution >= 0.6 is 0 Å². The lowest BCUT2D eigenvalue weighted by Crippen LogP contribution is -2.20. The molecule has 1 N–H and O–H groups in total. The zero-order valence-corrected chi connectivity index (χ0v) is 12.8. The van der Waals surface area contributed by atoms with Gasteiger partial charge in [-0.2, -0.15) is 13.2 Å². The van der Waals surface area contributed by atoms with Gasteiger partial charge in [0, 0.05) is 12.5 Å². The van der Waals surface area contributed by atoms with Crippen LogP contribution in [0.2, 0.25) is 0 Å². The molecule has 1 rings (SSSR count). The summed E-state index contributed by atoms with van der Waals surface area (Å²) >= 11 is 0. The van der Waals surface area contributed by atoms with E-state index in [0.29, 0.717) is 13.0 Å². The van der Waals surface area contributed by atoms with Gasteiger partial charge in [0.1, 0.15) is 5.75 Å². The molecule has 0 fully saturated rings. The van der Waals surface area contributed by atoms with Gasteiger partial charge in [0.25, 0.3) is 0 Å². The molecule has 1 unspecified atom stereocenters. The Bertz CT molecular complexity index is 401. The minimum Gasteiger partial charge on any atom is -0.491 e. The van der Waals surface area contributed by atoms with Crippen molar-refractivity contribution in [2.75, 3.05) is 6.54 Å². The molecule has 1 atom stereocenters. The molecule has 0 spiro atoms. The molecule has 0 bridgehead atoms. The van der Waals surface area contributed by atoms with Crippen LogP contribution in [-0.4, -0.2) is 18.8 Å². The SMILES string of the molecule is CC(C)Oc1ccc(C(C)NCCCCC(F)(F)F)cc1. The maximum absolute atomic E-state index is 12.0. The zero-order chi connectivity index (χ0) is 15.9. The number of unbranched alkanes of at least 4 members (excludes halogenated alkanes) is 1. The Labute approximate surface area is 124 Å². The van der Waals surface area contributed by atoms with Crippen molar-refractivity contribution in [2.45, 2.75) is 58.4 Å². The van der Waals surface area contributed by atoms with Gasteiger partial charge in [0.2, 0.25) is 0 Å². The number of hydrogen-bond donors (Lipinski definition) is 1. The van der Waals surface area contributed by atoms with E-state index in [-0.39, 0.29) is 18.6 Å². The predicted molar refractivity (Wildman–Crippen MR) is 78.5 cm³/mol. The molecule has 0 radical (unpaired) electrons. The number of nitrogens with one attached hydrogen (secondary N) is 1. The summed E-state index contributed by atoms with van der Waals surface area (Å²) in [5, 5.41) is 3.24. The smallest absolute Gasteiger partial charge is 0.389 e. The van der Waals surface area contributed by atoms with E-state index in [9.17, 15) is 13.2 Å². The first-order valence-corrected chi connectivity index (χ1v) is 7.34. The Morgan fingerprint density at radius 3 is 2.19 bits per heavy atom. The number of rotatable bonds is 8. The van der Waals surface area contributed by atoms with E-state index in [1.54, 1.807) is 0 Å². The topological polar surface area (TPSA) is 21.3 Å². The molecule has 0 amide bonds. The number of ether oxygens (including phenoxy) is 1. The summed E-state index contributed by atoms with van der Waals surface area (Å²) in [4.78, 5) is 0. The fourth-order valence-corrected chi connectivity index (χ4v) is 1.99. The van der Waals surface area contributed by atoms with Crippen molar-refractivity contribution in [3.63, 3.8) is 0 Å². The van der Waals surface area contributed by atoms with Crippen molar-refractivity contribution < 1.29 is 17.9 Å². The minimum absolute atomic E-state index is 0.115. The van der Waals surface area contributed by atoms with Crippen LogP contribution < -0.4 is 10.1 Å². The molecule has 0 aliphatic rings. The van der Waals surface area contributed by atoms with E-state index in [0.717, 1.165) is 11.3 Å². The standard InChI is InChI=1S/C16H24F3NO/c1-12(2)21-15-8-6-14(7-9-15)13(3)20-11-5-4-10-16(17,18)19/h6-9,12-13,20H,4-5,10-11H2,1-3H3. The molecule has 1 aromatic carbocycles. The summed E-state index contributed by atoms with van der Waals surface area (Å²) in [5.41, 5.74) is 1.10. The van der Waals surface area contributed by atoms with Gasteiger partial charge in [-0.25, -0.2) is 0 Å². The van der Waals surface area contributed by atoms with Crippen LogP contribution in [0.5, 0.6) is 5.75 Å². The van der Waals surface area contributed by atoms with Gasteiger partial charge >= 0.3 is 6.18 Å². The summed E-state index contributed by atoms with van der Waals surface area (Å²) in [6, 6.07) is 7.90. The van der Waals surface area contributed by atoms with E-state index < -0.39 is 12.6 Å². The largest absolute Gasteiger partial charge is 0.491 e. The fourth-order valence-electron chi connectivity index (χ4n) is 1.99. The summed E-state index contributed by atoms with van der Waals surface area (Å²) in [6.45, 7) is 6.53. The van der Waals surface area contributed by atoms with E-state index in [4.69, 9.17) is 4.74 Å². The Morgan fingerprint density at radius 2 is 1.67 bits per heavy atom. The van der Waals surface area contributed by atoms with Gasteiger partial charge in [-0.3, -0.25) is 0 Å². The normalized spacial score (nSPS) is 13.5. The monoisotopic (exact) mass is 303 g/mol. The molecule has 2 nitrogen and oxygen atoms in total. The first-order chi connectivity index (χ1) is 9.78. The molecule has 0 aromatic heterocycles. The predicted octanol–water partition coefficient (Wildman–Crippen LogP) is 4.86.